The predicted molar refractivity (Wildman–Crippen MR) is 83.2 cm³/mol. The van der Waals surface area contributed by atoms with Gasteiger partial charge in [-0.3, -0.25) is 4.79 Å². The molecule has 4 nitrogen and oxygen atoms in total. The molecule has 3 aromatic rings. The van der Waals surface area contributed by atoms with Crippen LogP contribution in [0.5, 0.6) is 0 Å². The Morgan fingerprint density at radius 2 is 2.10 bits per heavy atom. The molecule has 106 valence electrons. The molecule has 0 radical (unpaired) electrons. The van der Waals surface area contributed by atoms with Gasteiger partial charge in [0.2, 0.25) is 12.3 Å². The van der Waals surface area contributed by atoms with Crippen LogP contribution in [-0.2, 0) is 11.2 Å². The topological polar surface area (TPSA) is 55.1 Å². The smallest absolute Gasteiger partial charge is 0.227 e. The zero-order valence-electron chi connectivity index (χ0n) is 12.0. The number of aromatic nitrogens is 1. The number of carbonyl (C=O) groups excluding carboxylic acids is 1. The summed E-state index contributed by atoms with van der Waals surface area (Å²) in [6.45, 7) is 4.05. The number of hydrogen-bond donors (Lipinski definition) is 1. The van der Waals surface area contributed by atoms with Gasteiger partial charge in [0.1, 0.15) is 5.52 Å². The van der Waals surface area contributed by atoms with E-state index in [1.807, 2.05) is 43.3 Å². The van der Waals surface area contributed by atoms with Gasteiger partial charge in [-0.05, 0) is 48.7 Å². The molecule has 0 bridgehead atoms. The summed E-state index contributed by atoms with van der Waals surface area (Å²) >= 11 is 0. The van der Waals surface area contributed by atoms with Gasteiger partial charge in [0.15, 0.2) is 5.58 Å². The van der Waals surface area contributed by atoms with Crippen LogP contribution in [0.2, 0.25) is 0 Å². The second-order valence-corrected chi connectivity index (χ2v) is 4.97. The Hall–Kier alpha value is -2.62. The zero-order valence-corrected chi connectivity index (χ0v) is 12.0. The first-order chi connectivity index (χ1) is 10.2. The van der Waals surface area contributed by atoms with Gasteiger partial charge in [-0.2, -0.15) is 0 Å². The average molecular weight is 280 g/mol. The quantitative estimate of drug-likeness (QED) is 0.736. The van der Waals surface area contributed by atoms with E-state index in [0.717, 1.165) is 34.3 Å². The molecule has 0 saturated heterocycles. The molecule has 0 unspecified atom stereocenters. The van der Waals surface area contributed by atoms with Crippen molar-refractivity contribution in [3.05, 3.63) is 47.5 Å². The summed E-state index contributed by atoms with van der Waals surface area (Å²) in [5.74, 6) is 0.562. The van der Waals surface area contributed by atoms with E-state index in [0.29, 0.717) is 12.3 Å². The van der Waals surface area contributed by atoms with Gasteiger partial charge in [-0.25, -0.2) is 4.98 Å². The zero-order chi connectivity index (χ0) is 14.8. The van der Waals surface area contributed by atoms with Crippen LogP contribution in [0.1, 0.15) is 18.1 Å². The van der Waals surface area contributed by atoms with Crippen molar-refractivity contribution < 1.29 is 9.21 Å². The summed E-state index contributed by atoms with van der Waals surface area (Å²) in [6.07, 6.45) is 1.64. The average Bonchev–Trinajstić information content (AvgIpc) is 2.92. The fraction of sp³-hybridized carbons (Fsp3) is 0.176. The summed E-state index contributed by atoms with van der Waals surface area (Å²) in [6, 6.07) is 11.8. The SMILES string of the molecule is CCc1ccc2oc(-c3ccc(C)c(NC=O)c3)nc2c1. The van der Waals surface area contributed by atoms with Gasteiger partial charge in [0.25, 0.3) is 0 Å². The normalized spacial score (nSPS) is 10.8. The number of oxazole rings is 1. The van der Waals surface area contributed by atoms with Crippen LogP contribution < -0.4 is 5.32 Å². The maximum Gasteiger partial charge on any atom is 0.227 e. The van der Waals surface area contributed by atoms with Crippen LogP contribution in [0.3, 0.4) is 0 Å². The third kappa shape index (κ3) is 2.52. The molecular formula is C17H16N2O2. The van der Waals surface area contributed by atoms with Crippen molar-refractivity contribution in [3.8, 4) is 11.5 Å². The van der Waals surface area contributed by atoms with Gasteiger partial charge in [0.05, 0.1) is 0 Å². The highest BCUT2D eigenvalue weighted by Gasteiger charge is 2.10. The number of anilines is 1. The molecule has 0 aliphatic carbocycles. The second-order valence-electron chi connectivity index (χ2n) is 4.97. The minimum Gasteiger partial charge on any atom is -0.436 e. The van der Waals surface area contributed by atoms with Crippen LogP contribution in [0.15, 0.2) is 40.8 Å². The molecule has 1 amide bonds. The van der Waals surface area contributed by atoms with Gasteiger partial charge < -0.3 is 9.73 Å². The van der Waals surface area contributed by atoms with E-state index in [1.165, 1.54) is 5.56 Å². The first kappa shape index (κ1) is 13.4. The number of hydrogen-bond acceptors (Lipinski definition) is 3. The van der Waals surface area contributed by atoms with Crippen LogP contribution in [-0.4, -0.2) is 11.4 Å². The van der Waals surface area contributed by atoms with E-state index in [4.69, 9.17) is 4.42 Å². The lowest BCUT2D eigenvalue weighted by atomic mass is 10.1. The number of fused-ring (bicyclic) bond motifs is 1. The van der Waals surface area contributed by atoms with Crippen LogP contribution >= 0.6 is 0 Å². The molecule has 1 heterocycles. The Balaban J connectivity index is 2.07. The molecule has 0 saturated carbocycles. The molecule has 2 aromatic carbocycles. The van der Waals surface area contributed by atoms with Crippen molar-refractivity contribution >= 4 is 23.2 Å². The van der Waals surface area contributed by atoms with Crippen molar-refractivity contribution in [3.63, 3.8) is 0 Å². The summed E-state index contributed by atoms with van der Waals surface area (Å²) in [4.78, 5) is 15.2. The largest absolute Gasteiger partial charge is 0.436 e. The first-order valence-electron chi connectivity index (χ1n) is 6.92. The Bertz CT molecular complexity index is 806. The highest BCUT2D eigenvalue weighted by atomic mass is 16.3. The van der Waals surface area contributed by atoms with Crippen molar-refractivity contribution in [2.24, 2.45) is 0 Å². The fourth-order valence-electron chi connectivity index (χ4n) is 2.29. The van der Waals surface area contributed by atoms with E-state index < -0.39 is 0 Å². The number of amides is 1. The molecule has 0 aliphatic rings. The highest BCUT2D eigenvalue weighted by Crippen LogP contribution is 2.28. The minimum atomic E-state index is 0.562. The monoisotopic (exact) mass is 280 g/mol. The molecular weight excluding hydrogens is 264 g/mol. The van der Waals surface area contributed by atoms with Gasteiger partial charge >= 0.3 is 0 Å². The maximum atomic E-state index is 10.6. The van der Waals surface area contributed by atoms with Gasteiger partial charge in [-0.15, -0.1) is 0 Å². The molecule has 0 spiro atoms. The van der Waals surface area contributed by atoms with E-state index in [9.17, 15) is 4.79 Å². The standard InChI is InChI=1S/C17H16N2O2/c1-3-12-5-7-16-15(8-12)19-17(21-16)13-6-4-11(2)14(9-13)18-10-20/h4-10H,3H2,1-2H3,(H,18,20). The molecule has 1 aromatic heterocycles. The van der Waals surface area contributed by atoms with Crippen molar-refractivity contribution in [2.45, 2.75) is 20.3 Å². The summed E-state index contributed by atoms with van der Waals surface area (Å²) in [7, 11) is 0. The lowest BCUT2D eigenvalue weighted by Crippen LogP contribution is -1.96. The molecule has 21 heavy (non-hydrogen) atoms. The Kier molecular flexibility index (Phi) is 3.44. The number of rotatable bonds is 4. The molecule has 3 rings (SSSR count). The van der Waals surface area contributed by atoms with Crippen LogP contribution in [0.25, 0.3) is 22.6 Å². The van der Waals surface area contributed by atoms with Gasteiger partial charge in [-0.1, -0.05) is 19.1 Å². The molecule has 0 atom stereocenters. The fourth-order valence-corrected chi connectivity index (χ4v) is 2.29. The molecule has 4 heteroatoms. The lowest BCUT2D eigenvalue weighted by Gasteiger charge is -2.05. The Morgan fingerprint density at radius 1 is 1.24 bits per heavy atom. The van der Waals surface area contributed by atoms with E-state index in [-0.39, 0.29) is 0 Å². The molecule has 0 fully saturated rings. The second kappa shape index (κ2) is 5.40. The van der Waals surface area contributed by atoms with Crippen molar-refractivity contribution in [2.75, 3.05) is 5.32 Å². The molecule has 1 N–H and O–H groups in total. The Morgan fingerprint density at radius 3 is 2.86 bits per heavy atom. The predicted octanol–water partition coefficient (Wildman–Crippen LogP) is 3.93. The summed E-state index contributed by atoms with van der Waals surface area (Å²) < 4.78 is 5.80. The van der Waals surface area contributed by atoms with Crippen LogP contribution in [0.4, 0.5) is 5.69 Å². The third-order valence-electron chi connectivity index (χ3n) is 3.56. The first-order valence-corrected chi connectivity index (χ1v) is 6.92. The van der Waals surface area contributed by atoms with E-state index in [1.54, 1.807) is 0 Å². The minimum absolute atomic E-state index is 0.562. The number of nitrogens with one attached hydrogen (secondary N) is 1. The van der Waals surface area contributed by atoms with Crippen molar-refractivity contribution in [1.82, 2.24) is 4.98 Å². The third-order valence-corrected chi connectivity index (χ3v) is 3.56. The Labute approximate surface area is 122 Å². The van der Waals surface area contributed by atoms with Crippen molar-refractivity contribution in [1.29, 1.82) is 0 Å². The number of carbonyl (C=O) groups is 1. The number of benzene rings is 2. The van der Waals surface area contributed by atoms with Crippen LogP contribution in [0, 0.1) is 6.92 Å². The number of aryl methyl sites for hydroxylation is 2. The maximum absolute atomic E-state index is 10.6. The summed E-state index contributed by atoms with van der Waals surface area (Å²) in [5, 5.41) is 2.69. The summed E-state index contributed by atoms with van der Waals surface area (Å²) in [5.41, 5.74) is 5.46. The van der Waals surface area contributed by atoms with E-state index >= 15 is 0 Å². The van der Waals surface area contributed by atoms with Gasteiger partial charge in [0, 0.05) is 11.3 Å². The molecule has 0 aliphatic heterocycles. The number of nitrogens with zero attached hydrogens (tertiary/aromatic N) is 1. The van der Waals surface area contributed by atoms with E-state index in [2.05, 4.69) is 17.2 Å². The lowest BCUT2D eigenvalue weighted by molar-refractivity contribution is -0.105. The highest BCUT2D eigenvalue weighted by molar-refractivity contribution is 5.80.